The van der Waals surface area contributed by atoms with Crippen LogP contribution in [0.5, 0.6) is 0 Å². The average Bonchev–Trinajstić information content (AvgIpc) is 2.62. The summed E-state index contributed by atoms with van der Waals surface area (Å²) in [6.07, 6.45) is -0.125. The van der Waals surface area contributed by atoms with Crippen LogP contribution in [0.3, 0.4) is 0 Å². The van der Waals surface area contributed by atoms with Gasteiger partial charge in [-0.1, -0.05) is 34.1 Å². The van der Waals surface area contributed by atoms with E-state index in [1.54, 1.807) is 29.2 Å². The largest absolute Gasteiger partial charge is 0.370 e. The molecule has 0 radical (unpaired) electrons. The second-order valence-electron chi connectivity index (χ2n) is 5.35. The molecule has 0 aromatic heterocycles. The maximum atomic E-state index is 12.7. The van der Waals surface area contributed by atoms with E-state index in [-0.39, 0.29) is 12.0 Å². The van der Waals surface area contributed by atoms with Gasteiger partial charge >= 0.3 is 0 Å². The van der Waals surface area contributed by atoms with Crippen LogP contribution in [0, 0.1) is 11.3 Å². The fourth-order valence-electron chi connectivity index (χ4n) is 2.62. The lowest BCUT2D eigenvalue weighted by molar-refractivity contribution is -0.0228. The van der Waals surface area contributed by atoms with Gasteiger partial charge in [0.05, 0.1) is 24.8 Å². The van der Waals surface area contributed by atoms with Gasteiger partial charge in [-0.05, 0) is 35.9 Å². The number of morpholine rings is 1. The minimum Gasteiger partial charge on any atom is -0.370 e. The lowest BCUT2D eigenvalue weighted by atomic mass is 10.1. The first-order valence-corrected chi connectivity index (χ1v) is 8.13. The standard InChI is InChI=1S/C18H15BrN2O2/c19-16-6-4-14(5-7-16)17-12-21(8-9-23-17)18(22)15-3-1-2-13(10-15)11-20/h1-7,10,17H,8-9,12H2. The second-order valence-corrected chi connectivity index (χ2v) is 6.27. The lowest BCUT2D eigenvalue weighted by Crippen LogP contribution is -2.42. The van der Waals surface area contributed by atoms with Crippen molar-refractivity contribution in [3.8, 4) is 6.07 Å². The van der Waals surface area contributed by atoms with Crippen molar-refractivity contribution in [2.75, 3.05) is 19.7 Å². The summed E-state index contributed by atoms with van der Waals surface area (Å²) in [5.41, 5.74) is 2.09. The molecule has 3 rings (SSSR count). The van der Waals surface area contributed by atoms with Crippen molar-refractivity contribution in [3.63, 3.8) is 0 Å². The van der Waals surface area contributed by atoms with E-state index in [0.29, 0.717) is 30.8 Å². The summed E-state index contributed by atoms with van der Waals surface area (Å²) in [6.45, 7) is 1.57. The predicted molar refractivity (Wildman–Crippen MR) is 89.9 cm³/mol. The van der Waals surface area contributed by atoms with Crippen molar-refractivity contribution in [1.29, 1.82) is 5.26 Å². The molecular weight excluding hydrogens is 356 g/mol. The van der Waals surface area contributed by atoms with Crippen molar-refractivity contribution in [2.45, 2.75) is 6.10 Å². The highest BCUT2D eigenvalue weighted by atomic mass is 79.9. The van der Waals surface area contributed by atoms with Crippen LogP contribution in [0.15, 0.2) is 53.0 Å². The number of rotatable bonds is 2. The Kier molecular flexibility index (Phi) is 4.75. The van der Waals surface area contributed by atoms with Crippen molar-refractivity contribution < 1.29 is 9.53 Å². The van der Waals surface area contributed by atoms with Crippen LogP contribution in [-0.4, -0.2) is 30.5 Å². The van der Waals surface area contributed by atoms with Gasteiger partial charge in [-0.3, -0.25) is 4.79 Å². The Morgan fingerprint density at radius 3 is 2.78 bits per heavy atom. The highest BCUT2D eigenvalue weighted by Crippen LogP contribution is 2.24. The topological polar surface area (TPSA) is 53.3 Å². The van der Waals surface area contributed by atoms with Gasteiger partial charge in [0.25, 0.3) is 5.91 Å². The Balaban J connectivity index is 1.76. The molecule has 1 saturated heterocycles. The first kappa shape index (κ1) is 15.7. The number of amides is 1. The molecule has 23 heavy (non-hydrogen) atoms. The number of ether oxygens (including phenoxy) is 1. The SMILES string of the molecule is N#Cc1cccc(C(=O)N2CCOC(c3ccc(Br)cc3)C2)c1. The van der Waals surface area contributed by atoms with Gasteiger partial charge in [-0.25, -0.2) is 0 Å². The third kappa shape index (κ3) is 3.61. The molecule has 1 fully saturated rings. The van der Waals surface area contributed by atoms with Crippen LogP contribution < -0.4 is 0 Å². The summed E-state index contributed by atoms with van der Waals surface area (Å²) in [6, 6.07) is 16.8. The van der Waals surface area contributed by atoms with Crippen LogP contribution in [0.25, 0.3) is 0 Å². The van der Waals surface area contributed by atoms with E-state index in [2.05, 4.69) is 22.0 Å². The number of hydrogen-bond donors (Lipinski definition) is 0. The minimum atomic E-state index is -0.125. The van der Waals surface area contributed by atoms with Gasteiger partial charge in [0.15, 0.2) is 0 Å². The highest BCUT2D eigenvalue weighted by molar-refractivity contribution is 9.10. The fraction of sp³-hybridized carbons (Fsp3) is 0.222. The Hall–Kier alpha value is -2.16. The lowest BCUT2D eigenvalue weighted by Gasteiger charge is -2.33. The summed E-state index contributed by atoms with van der Waals surface area (Å²) < 4.78 is 6.82. The molecule has 1 aliphatic rings. The summed E-state index contributed by atoms with van der Waals surface area (Å²) in [5.74, 6) is -0.0625. The quantitative estimate of drug-likeness (QED) is 0.812. The molecule has 2 aromatic carbocycles. The van der Waals surface area contributed by atoms with E-state index in [0.717, 1.165) is 10.0 Å². The van der Waals surface area contributed by atoms with Crippen molar-refractivity contribution in [2.24, 2.45) is 0 Å². The zero-order chi connectivity index (χ0) is 16.2. The number of halogens is 1. The van der Waals surface area contributed by atoms with Crippen LogP contribution in [0.1, 0.15) is 27.6 Å². The normalized spacial score (nSPS) is 17.6. The minimum absolute atomic E-state index is 0.0625. The smallest absolute Gasteiger partial charge is 0.254 e. The van der Waals surface area contributed by atoms with Crippen LogP contribution in [0.4, 0.5) is 0 Å². The Morgan fingerprint density at radius 1 is 1.26 bits per heavy atom. The predicted octanol–water partition coefficient (Wildman–Crippen LogP) is 3.53. The molecule has 1 amide bonds. The van der Waals surface area contributed by atoms with Gasteiger partial charge < -0.3 is 9.64 Å². The van der Waals surface area contributed by atoms with E-state index < -0.39 is 0 Å². The first-order valence-electron chi connectivity index (χ1n) is 7.34. The number of carbonyl (C=O) groups is 1. The molecule has 4 nitrogen and oxygen atoms in total. The van der Waals surface area contributed by atoms with E-state index in [9.17, 15) is 4.79 Å². The first-order chi connectivity index (χ1) is 11.2. The Labute approximate surface area is 143 Å². The average molecular weight is 371 g/mol. The second kappa shape index (κ2) is 6.95. The number of carbonyl (C=O) groups excluding carboxylic acids is 1. The van der Waals surface area contributed by atoms with Gasteiger partial charge in [-0.15, -0.1) is 0 Å². The molecule has 116 valence electrons. The maximum absolute atomic E-state index is 12.7. The van der Waals surface area contributed by atoms with Crippen molar-refractivity contribution in [3.05, 3.63) is 69.7 Å². The van der Waals surface area contributed by atoms with Crippen LogP contribution in [0.2, 0.25) is 0 Å². The van der Waals surface area contributed by atoms with Crippen LogP contribution in [-0.2, 0) is 4.74 Å². The molecule has 0 saturated carbocycles. The van der Waals surface area contributed by atoms with Gasteiger partial charge in [-0.2, -0.15) is 5.26 Å². The van der Waals surface area contributed by atoms with Crippen molar-refractivity contribution in [1.82, 2.24) is 4.90 Å². The van der Waals surface area contributed by atoms with E-state index >= 15 is 0 Å². The third-order valence-corrected chi connectivity index (χ3v) is 4.36. The number of benzene rings is 2. The molecule has 0 N–H and O–H groups in total. The van der Waals surface area contributed by atoms with Gasteiger partial charge in [0, 0.05) is 16.6 Å². The molecule has 1 atom stereocenters. The molecule has 0 aliphatic carbocycles. The number of nitriles is 1. The van der Waals surface area contributed by atoms with E-state index in [1.165, 1.54) is 0 Å². The zero-order valence-electron chi connectivity index (χ0n) is 12.4. The third-order valence-electron chi connectivity index (χ3n) is 3.83. The molecule has 0 spiro atoms. The van der Waals surface area contributed by atoms with Crippen LogP contribution >= 0.6 is 15.9 Å². The number of nitrogens with zero attached hydrogens (tertiary/aromatic N) is 2. The van der Waals surface area contributed by atoms with E-state index in [4.69, 9.17) is 10.00 Å². The molecule has 1 unspecified atom stereocenters. The molecule has 1 aliphatic heterocycles. The van der Waals surface area contributed by atoms with E-state index in [1.807, 2.05) is 24.3 Å². The molecular formula is C18H15BrN2O2. The summed E-state index contributed by atoms with van der Waals surface area (Å²) in [7, 11) is 0. The Bertz CT molecular complexity index is 752. The Morgan fingerprint density at radius 2 is 2.04 bits per heavy atom. The molecule has 5 heteroatoms. The molecule has 1 heterocycles. The molecule has 0 bridgehead atoms. The summed E-state index contributed by atoms with van der Waals surface area (Å²) in [4.78, 5) is 14.4. The van der Waals surface area contributed by atoms with Gasteiger partial charge in [0.1, 0.15) is 6.10 Å². The summed E-state index contributed by atoms with van der Waals surface area (Å²) >= 11 is 3.42. The fourth-order valence-corrected chi connectivity index (χ4v) is 2.88. The van der Waals surface area contributed by atoms with Gasteiger partial charge in [0.2, 0.25) is 0 Å². The van der Waals surface area contributed by atoms with Crippen molar-refractivity contribution >= 4 is 21.8 Å². The maximum Gasteiger partial charge on any atom is 0.254 e. The molecule has 2 aromatic rings. The summed E-state index contributed by atoms with van der Waals surface area (Å²) in [5, 5.41) is 8.97. The zero-order valence-corrected chi connectivity index (χ0v) is 14.0. The monoisotopic (exact) mass is 370 g/mol. The highest BCUT2D eigenvalue weighted by Gasteiger charge is 2.26. The number of hydrogen-bond acceptors (Lipinski definition) is 3.